The summed E-state index contributed by atoms with van der Waals surface area (Å²) in [5, 5.41) is 0. The lowest BCUT2D eigenvalue weighted by atomic mass is 10.0. The van der Waals surface area contributed by atoms with E-state index >= 15 is 0 Å². The molecule has 0 spiro atoms. The van der Waals surface area contributed by atoms with Gasteiger partial charge in [-0.3, -0.25) is 0 Å². The quantitative estimate of drug-likeness (QED) is 0.742. The van der Waals surface area contributed by atoms with Crippen molar-refractivity contribution in [2.45, 2.75) is 12.8 Å². The minimum Gasteiger partial charge on any atom is -0.229 e. The summed E-state index contributed by atoms with van der Waals surface area (Å²) in [6.07, 6.45) is 1.27. The third kappa shape index (κ3) is 3.59. The molecule has 0 saturated carbocycles. The molecule has 1 atom stereocenters. The van der Waals surface area contributed by atoms with Crippen molar-refractivity contribution in [2.75, 3.05) is 12.0 Å². The van der Waals surface area contributed by atoms with Gasteiger partial charge >= 0.3 is 0 Å². The Labute approximate surface area is 79.5 Å². The predicted molar refractivity (Wildman–Crippen MR) is 54.6 cm³/mol. The van der Waals surface area contributed by atoms with Gasteiger partial charge in [0.2, 0.25) is 0 Å². The Morgan fingerprint density at radius 1 is 1.23 bits per heavy atom. The Hall–Kier alpha value is -0.830. The molecule has 13 heavy (non-hydrogen) atoms. The molecule has 0 radical (unpaired) electrons. The van der Waals surface area contributed by atoms with E-state index in [9.17, 15) is 8.42 Å². The Balaban J connectivity index is 2.76. The zero-order valence-electron chi connectivity index (χ0n) is 7.90. The fraction of sp³-hybridized carbons (Fsp3) is 0.400. The molecular weight excluding hydrogens is 184 g/mol. The maximum absolute atomic E-state index is 11.0. The van der Waals surface area contributed by atoms with Gasteiger partial charge in [0, 0.05) is 6.26 Å². The number of benzene rings is 1. The molecule has 1 unspecified atom stereocenters. The summed E-state index contributed by atoms with van der Waals surface area (Å²) >= 11 is 0. The molecule has 0 fully saturated rings. The molecular formula is C10H14O2S. The summed E-state index contributed by atoms with van der Waals surface area (Å²) in [5.74, 6) is 0.299. The highest BCUT2D eigenvalue weighted by atomic mass is 32.2. The van der Waals surface area contributed by atoms with Gasteiger partial charge in [0.25, 0.3) is 0 Å². The number of rotatable bonds is 3. The second kappa shape index (κ2) is 3.92. The van der Waals surface area contributed by atoms with Crippen LogP contribution in [0.25, 0.3) is 0 Å². The molecule has 0 aliphatic carbocycles. The molecule has 0 aliphatic rings. The van der Waals surface area contributed by atoms with Crippen molar-refractivity contribution in [3.63, 3.8) is 0 Å². The van der Waals surface area contributed by atoms with Gasteiger partial charge < -0.3 is 0 Å². The lowest BCUT2D eigenvalue weighted by molar-refractivity contribution is 0.596. The Bertz CT molecular complexity index is 354. The van der Waals surface area contributed by atoms with Crippen LogP contribution in [-0.2, 0) is 9.84 Å². The average molecular weight is 198 g/mol. The van der Waals surface area contributed by atoms with Crippen LogP contribution >= 0.6 is 0 Å². The average Bonchev–Trinajstić information content (AvgIpc) is 2.03. The van der Waals surface area contributed by atoms with E-state index in [0.29, 0.717) is 0 Å². The monoisotopic (exact) mass is 198 g/mol. The van der Waals surface area contributed by atoms with Crippen LogP contribution in [0.5, 0.6) is 0 Å². The van der Waals surface area contributed by atoms with Crippen LogP contribution in [0.1, 0.15) is 18.4 Å². The molecule has 0 heterocycles. The SMILES string of the molecule is CC(CS(C)(=O)=O)c1ccccc1. The number of hydrogen-bond acceptors (Lipinski definition) is 2. The minimum atomic E-state index is -2.87. The van der Waals surface area contributed by atoms with Crippen molar-refractivity contribution in [3.8, 4) is 0 Å². The van der Waals surface area contributed by atoms with E-state index in [0.717, 1.165) is 5.56 Å². The van der Waals surface area contributed by atoms with Gasteiger partial charge in [-0.1, -0.05) is 37.3 Å². The first-order chi connectivity index (χ1) is 5.99. The normalized spacial score (nSPS) is 14.0. The molecule has 0 amide bonds. The lowest BCUT2D eigenvalue weighted by Crippen LogP contribution is -2.10. The highest BCUT2D eigenvalue weighted by Crippen LogP contribution is 2.15. The second-order valence-electron chi connectivity index (χ2n) is 3.40. The van der Waals surface area contributed by atoms with Crippen molar-refractivity contribution in [3.05, 3.63) is 35.9 Å². The minimum absolute atomic E-state index is 0.0798. The van der Waals surface area contributed by atoms with E-state index in [1.54, 1.807) is 0 Å². The van der Waals surface area contributed by atoms with Crippen molar-refractivity contribution < 1.29 is 8.42 Å². The van der Waals surface area contributed by atoms with Gasteiger partial charge in [0.15, 0.2) is 0 Å². The van der Waals surface area contributed by atoms with Crippen LogP contribution in [0, 0.1) is 0 Å². The lowest BCUT2D eigenvalue weighted by Gasteiger charge is -2.09. The Morgan fingerprint density at radius 3 is 2.23 bits per heavy atom. The van der Waals surface area contributed by atoms with E-state index in [1.807, 2.05) is 37.3 Å². The topological polar surface area (TPSA) is 34.1 Å². The molecule has 2 nitrogen and oxygen atoms in total. The standard InChI is InChI=1S/C10H14O2S/c1-9(8-13(2,11)12)10-6-4-3-5-7-10/h3-7,9H,8H2,1-2H3. The van der Waals surface area contributed by atoms with Crippen LogP contribution in [0.15, 0.2) is 30.3 Å². The van der Waals surface area contributed by atoms with E-state index < -0.39 is 9.84 Å². The predicted octanol–water partition coefficient (Wildman–Crippen LogP) is 1.83. The van der Waals surface area contributed by atoms with Crippen molar-refractivity contribution in [2.24, 2.45) is 0 Å². The molecule has 1 rings (SSSR count). The van der Waals surface area contributed by atoms with Gasteiger partial charge in [-0.25, -0.2) is 8.42 Å². The molecule has 0 aromatic heterocycles. The van der Waals surface area contributed by atoms with Crippen LogP contribution in [0.4, 0.5) is 0 Å². The molecule has 72 valence electrons. The van der Waals surface area contributed by atoms with Gasteiger partial charge in [-0.2, -0.15) is 0 Å². The molecule has 1 aromatic carbocycles. The molecule has 3 heteroatoms. The van der Waals surface area contributed by atoms with Gasteiger partial charge in [0.05, 0.1) is 5.75 Å². The van der Waals surface area contributed by atoms with Crippen molar-refractivity contribution in [1.82, 2.24) is 0 Å². The first-order valence-corrected chi connectivity index (χ1v) is 6.28. The van der Waals surface area contributed by atoms with E-state index in [1.165, 1.54) is 6.26 Å². The van der Waals surface area contributed by atoms with Crippen LogP contribution < -0.4 is 0 Å². The highest BCUT2D eigenvalue weighted by molar-refractivity contribution is 7.90. The summed E-state index contributed by atoms with van der Waals surface area (Å²) in [4.78, 5) is 0. The van der Waals surface area contributed by atoms with Crippen LogP contribution in [0.2, 0.25) is 0 Å². The second-order valence-corrected chi connectivity index (χ2v) is 5.59. The summed E-state index contributed by atoms with van der Waals surface area (Å²) in [7, 11) is -2.87. The maximum atomic E-state index is 11.0. The third-order valence-corrected chi connectivity index (χ3v) is 3.03. The molecule has 0 bridgehead atoms. The first kappa shape index (κ1) is 10.3. The maximum Gasteiger partial charge on any atom is 0.148 e. The smallest absolute Gasteiger partial charge is 0.148 e. The Morgan fingerprint density at radius 2 is 1.77 bits per heavy atom. The van der Waals surface area contributed by atoms with Crippen molar-refractivity contribution >= 4 is 9.84 Å². The zero-order chi connectivity index (χ0) is 9.90. The fourth-order valence-corrected chi connectivity index (χ4v) is 2.43. The Kier molecular flexibility index (Phi) is 3.09. The fourth-order valence-electron chi connectivity index (χ4n) is 1.33. The third-order valence-electron chi connectivity index (χ3n) is 1.92. The number of sulfone groups is 1. The summed E-state index contributed by atoms with van der Waals surface area (Å²) < 4.78 is 22.0. The van der Waals surface area contributed by atoms with E-state index in [4.69, 9.17) is 0 Å². The van der Waals surface area contributed by atoms with E-state index in [-0.39, 0.29) is 11.7 Å². The first-order valence-electron chi connectivity index (χ1n) is 4.22. The van der Waals surface area contributed by atoms with Crippen molar-refractivity contribution in [1.29, 1.82) is 0 Å². The zero-order valence-corrected chi connectivity index (χ0v) is 8.71. The molecule has 0 aliphatic heterocycles. The van der Waals surface area contributed by atoms with Crippen LogP contribution in [-0.4, -0.2) is 20.4 Å². The molecule has 1 aromatic rings. The largest absolute Gasteiger partial charge is 0.229 e. The van der Waals surface area contributed by atoms with Gasteiger partial charge in [-0.15, -0.1) is 0 Å². The number of hydrogen-bond donors (Lipinski definition) is 0. The van der Waals surface area contributed by atoms with Crippen LogP contribution in [0.3, 0.4) is 0 Å². The summed E-state index contributed by atoms with van der Waals surface area (Å²) in [6, 6.07) is 9.69. The molecule has 0 saturated heterocycles. The summed E-state index contributed by atoms with van der Waals surface area (Å²) in [5.41, 5.74) is 1.08. The van der Waals surface area contributed by atoms with Gasteiger partial charge in [-0.05, 0) is 11.5 Å². The summed E-state index contributed by atoms with van der Waals surface area (Å²) in [6.45, 7) is 1.93. The molecule has 0 N–H and O–H groups in total. The van der Waals surface area contributed by atoms with E-state index in [2.05, 4.69) is 0 Å². The highest BCUT2D eigenvalue weighted by Gasteiger charge is 2.11. The van der Waals surface area contributed by atoms with Gasteiger partial charge in [0.1, 0.15) is 9.84 Å².